The Kier molecular flexibility index (Phi) is 9.24. The highest BCUT2D eigenvalue weighted by atomic mass is 16.4. The predicted molar refractivity (Wildman–Crippen MR) is 124 cm³/mol. The molecule has 2 heteroatoms. The number of hydrogen-bond acceptors (Lipinski definition) is 1. The molecule has 1 aliphatic carbocycles. The van der Waals surface area contributed by atoms with Gasteiger partial charge < -0.3 is 5.11 Å². The number of aryl methyl sites for hydroxylation is 3. The molecule has 29 heavy (non-hydrogen) atoms. The zero-order valence-electron chi connectivity index (χ0n) is 19.5. The minimum Gasteiger partial charge on any atom is -0.481 e. The Morgan fingerprint density at radius 2 is 1.48 bits per heavy atom. The molecule has 1 N–H and O–H groups in total. The highest BCUT2D eigenvalue weighted by Gasteiger charge is 2.49. The van der Waals surface area contributed by atoms with Gasteiger partial charge in [0.25, 0.3) is 0 Å². The molecule has 0 spiro atoms. The predicted octanol–water partition coefficient (Wildman–Crippen LogP) is 7.89. The minimum atomic E-state index is -0.569. The molecule has 0 saturated heterocycles. The quantitative estimate of drug-likeness (QED) is 0.322. The van der Waals surface area contributed by atoms with Crippen LogP contribution in [0.4, 0.5) is 0 Å². The van der Waals surface area contributed by atoms with E-state index in [0.29, 0.717) is 5.41 Å². The molecule has 0 aromatic heterocycles. The van der Waals surface area contributed by atoms with Crippen molar-refractivity contribution in [2.24, 2.45) is 10.8 Å². The lowest BCUT2D eigenvalue weighted by Gasteiger charge is -2.17. The number of benzene rings is 1. The zero-order chi connectivity index (χ0) is 21.3. The van der Waals surface area contributed by atoms with Crippen molar-refractivity contribution in [3.8, 4) is 0 Å². The van der Waals surface area contributed by atoms with Crippen molar-refractivity contribution >= 4 is 5.97 Å². The second-order valence-corrected chi connectivity index (χ2v) is 10.7. The summed E-state index contributed by atoms with van der Waals surface area (Å²) >= 11 is 0. The van der Waals surface area contributed by atoms with Crippen molar-refractivity contribution in [2.45, 2.75) is 118 Å². The number of carbonyl (C=O) groups is 1. The van der Waals surface area contributed by atoms with Crippen molar-refractivity contribution in [3.63, 3.8) is 0 Å². The molecule has 1 aromatic rings. The van der Waals surface area contributed by atoms with Crippen LogP contribution in [0.2, 0.25) is 0 Å². The Bertz CT molecular complexity index is 634. The van der Waals surface area contributed by atoms with E-state index in [1.807, 2.05) is 0 Å². The Balaban J connectivity index is 1.65. The van der Waals surface area contributed by atoms with Gasteiger partial charge in [-0.3, -0.25) is 4.79 Å². The third kappa shape index (κ3) is 8.93. The van der Waals surface area contributed by atoms with Crippen LogP contribution < -0.4 is 0 Å². The third-order valence-corrected chi connectivity index (χ3v) is 6.64. The first kappa shape index (κ1) is 24.0. The summed E-state index contributed by atoms with van der Waals surface area (Å²) in [5.74, 6) is -0.569. The maximum atomic E-state index is 11.2. The van der Waals surface area contributed by atoms with Crippen LogP contribution in [-0.4, -0.2) is 11.1 Å². The summed E-state index contributed by atoms with van der Waals surface area (Å²) < 4.78 is 0. The molecule has 1 aliphatic rings. The summed E-state index contributed by atoms with van der Waals surface area (Å²) in [6.45, 7) is 9.21. The first-order chi connectivity index (χ1) is 13.7. The summed E-state index contributed by atoms with van der Waals surface area (Å²) in [5.41, 5.74) is 4.60. The lowest BCUT2D eigenvalue weighted by Crippen LogP contribution is -2.14. The molecule has 0 radical (unpaired) electrons. The van der Waals surface area contributed by atoms with E-state index in [2.05, 4.69) is 45.9 Å². The number of rotatable bonds is 14. The summed E-state index contributed by atoms with van der Waals surface area (Å²) in [7, 11) is 0. The van der Waals surface area contributed by atoms with Crippen molar-refractivity contribution in [1.29, 1.82) is 0 Å². The van der Waals surface area contributed by atoms with Crippen LogP contribution in [0.3, 0.4) is 0 Å². The van der Waals surface area contributed by atoms with Gasteiger partial charge in [-0.25, -0.2) is 0 Å². The number of carboxylic acid groups (broad SMARTS) is 1. The van der Waals surface area contributed by atoms with Gasteiger partial charge in [0, 0.05) is 0 Å². The number of carboxylic acids is 1. The standard InChI is InChI=1S/C27H44O2/c1-22-15-16-23(13-9-6-8-12-18-27(19-20-27)25(28)29)24(21-22)14-10-5-7-11-17-26(2,3)4/h15-16,21H,5-14,17-20H2,1-4H3,(H,28,29). The minimum absolute atomic E-state index is 0.336. The van der Waals surface area contributed by atoms with Gasteiger partial charge in [0.15, 0.2) is 0 Å². The smallest absolute Gasteiger partial charge is 0.309 e. The summed E-state index contributed by atoms with van der Waals surface area (Å²) in [6, 6.07) is 6.99. The molecular weight excluding hydrogens is 356 g/mol. The maximum Gasteiger partial charge on any atom is 0.309 e. The van der Waals surface area contributed by atoms with Gasteiger partial charge >= 0.3 is 5.97 Å². The Morgan fingerprint density at radius 1 is 0.897 bits per heavy atom. The van der Waals surface area contributed by atoms with Gasteiger partial charge in [0.2, 0.25) is 0 Å². The molecule has 2 rings (SSSR count). The third-order valence-electron chi connectivity index (χ3n) is 6.64. The number of unbranched alkanes of at least 4 members (excludes halogenated alkanes) is 6. The lowest BCUT2D eigenvalue weighted by molar-refractivity contribution is -0.143. The van der Waals surface area contributed by atoms with Gasteiger partial charge in [-0.05, 0) is 74.8 Å². The van der Waals surface area contributed by atoms with Gasteiger partial charge in [0.1, 0.15) is 0 Å². The highest BCUT2D eigenvalue weighted by molar-refractivity contribution is 5.77. The van der Waals surface area contributed by atoms with E-state index < -0.39 is 5.97 Å². The fraction of sp³-hybridized carbons (Fsp3) is 0.741. The number of aliphatic carboxylic acids is 1. The normalized spacial score (nSPS) is 15.4. The van der Waals surface area contributed by atoms with Crippen LogP contribution in [0, 0.1) is 17.8 Å². The van der Waals surface area contributed by atoms with Crippen molar-refractivity contribution in [3.05, 3.63) is 34.9 Å². The van der Waals surface area contributed by atoms with Crippen molar-refractivity contribution < 1.29 is 9.90 Å². The van der Waals surface area contributed by atoms with Crippen molar-refractivity contribution in [1.82, 2.24) is 0 Å². The second-order valence-electron chi connectivity index (χ2n) is 10.7. The first-order valence-electron chi connectivity index (χ1n) is 12.0. The Morgan fingerprint density at radius 3 is 2.07 bits per heavy atom. The largest absolute Gasteiger partial charge is 0.481 e. The maximum absolute atomic E-state index is 11.2. The first-order valence-corrected chi connectivity index (χ1v) is 12.0. The lowest BCUT2D eigenvalue weighted by atomic mass is 9.89. The molecule has 0 atom stereocenters. The molecule has 1 fully saturated rings. The van der Waals surface area contributed by atoms with Gasteiger partial charge in [-0.2, -0.15) is 0 Å². The van der Waals surface area contributed by atoms with Crippen LogP contribution in [-0.2, 0) is 17.6 Å². The average Bonchev–Trinajstić information content (AvgIpc) is 3.42. The van der Waals surface area contributed by atoms with E-state index in [1.54, 1.807) is 5.56 Å². The highest BCUT2D eigenvalue weighted by Crippen LogP contribution is 2.50. The van der Waals surface area contributed by atoms with E-state index in [1.165, 1.54) is 75.3 Å². The van der Waals surface area contributed by atoms with Crippen LogP contribution in [0.5, 0.6) is 0 Å². The van der Waals surface area contributed by atoms with Crippen LogP contribution >= 0.6 is 0 Å². The molecule has 1 saturated carbocycles. The van der Waals surface area contributed by atoms with Crippen LogP contribution in [0.25, 0.3) is 0 Å². The van der Waals surface area contributed by atoms with Crippen molar-refractivity contribution in [2.75, 3.05) is 0 Å². The van der Waals surface area contributed by atoms with E-state index >= 15 is 0 Å². The van der Waals surface area contributed by atoms with Gasteiger partial charge in [-0.1, -0.05) is 83.1 Å². The van der Waals surface area contributed by atoms with E-state index in [9.17, 15) is 9.90 Å². The summed E-state index contributed by atoms with van der Waals surface area (Å²) in [5, 5.41) is 9.26. The molecule has 2 nitrogen and oxygen atoms in total. The Labute approximate surface area is 179 Å². The van der Waals surface area contributed by atoms with E-state index in [-0.39, 0.29) is 5.41 Å². The molecule has 0 amide bonds. The number of hydrogen-bond donors (Lipinski definition) is 1. The van der Waals surface area contributed by atoms with E-state index in [0.717, 1.165) is 25.7 Å². The molecule has 0 heterocycles. The monoisotopic (exact) mass is 400 g/mol. The Hall–Kier alpha value is -1.31. The molecule has 1 aromatic carbocycles. The second kappa shape index (κ2) is 11.2. The zero-order valence-corrected chi connectivity index (χ0v) is 19.5. The molecular formula is C27H44O2. The molecule has 0 bridgehead atoms. The fourth-order valence-corrected chi connectivity index (χ4v) is 4.41. The SMILES string of the molecule is Cc1ccc(CCCCCCC2(C(=O)O)CC2)c(CCCCCCC(C)(C)C)c1. The van der Waals surface area contributed by atoms with E-state index in [4.69, 9.17) is 0 Å². The molecule has 0 aliphatic heterocycles. The fourth-order valence-electron chi connectivity index (χ4n) is 4.41. The topological polar surface area (TPSA) is 37.3 Å². The van der Waals surface area contributed by atoms with Crippen LogP contribution in [0.1, 0.15) is 115 Å². The molecule has 164 valence electrons. The summed E-state index contributed by atoms with van der Waals surface area (Å²) in [6.07, 6.45) is 16.4. The summed E-state index contributed by atoms with van der Waals surface area (Å²) in [4.78, 5) is 11.2. The van der Waals surface area contributed by atoms with Gasteiger partial charge in [0.05, 0.1) is 5.41 Å². The average molecular weight is 401 g/mol. The van der Waals surface area contributed by atoms with Gasteiger partial charge in [-0.15, -0.1) is 0 Å². The molecule has 0 unspecified atom stereocenters. The van der Waals surface area contributed by atoms with Crippen LogP contribution in [0.15, 0.2) is 18.2 Å².